The zero-order valence-electron chi connectivity index (χ0n) is 10.6. The van der Waals surface area contributed by atoms with Gasteiger partial charge in [0.05, 0.1) is 12.0 Å². The molecule has 2 aliphatic rings. The topological polar surface area (TPSA) is 66.6 Å². The van der Waals surface area contributed by atoms with Crippen molar-refractivity contribution in [1.29, 1.82) is 0 Å². The van der Waals surface area contributed by atoms with Gasteiger partial charge in [-0.2, -0.15) is 0 Å². The standard InChI is InChI=1S/C13H24N2O2/c1-9(16)10-5-7-15(8-6-10)13(17)11-3-2-4-12(11)14/h9-12,16H,2-8,14H2,1H3. The number of carbonyl (C=O) groups excluding carboxylic acids is 1. The maximum absolute atomic E-state index is 12.3. The largest absolute Gasteiger partial charge is 0.393 e. The van der Waals surface area contributed by atoms with Crippen molar-refractivity contribution in [1.82, 2.24) is 4.90 Å². The first-order valence-electron chi connectivity index (χ1n) is 6.82. The molecule has 0 aromatic carbocycles. The molecule has 0 spiro atoms. The minimum Gasteiger partial charge on any atom is -0.393 e. The number of hydrogen-bond acceptors (Lipinski definition) is 3. The number of piperidine rings is 1. The van der Waals surface area contributed by atoms with Gasteiger partial charge in [0.25, 0.3) is 0 Å². The molecule has 1 saturated carbocycles. The maximum Gasteiger partial charge on any atom is 0.227 e. The molecule has 3 unspecified atom stereocenters. The number of carbonyl (C=O) groups is 1. The summed E-state index contributed by atoms with van der Waals surface area (Å²) in [5, 5.41) is 9.53. The van der Waals surface area contributed by atoms with Crippen LogP contribution in [0.3, 0.4) is 0 Å². The van der Waals surface area contributed by atoms with E-state index >= 15 is 0 Å². The summed E-state index contributed by atoms with van der Waals surface area (Å²) in [6, 6.07) is 0.0667. The highest BCUT2D eigenvalue weighted by Crippen LogP contribution is 2.28. The first kappa shape index (κ1) is 12.8. The van der Waals surface area contributed by atoms with E-state index in [0.717, 1.165) is 45.2 Å². The Labute approximate surface area is 103 Å². The lowest BCUT2D eigenvalue weighted by molar-refractivity contribution is -0.137. The van der Waals surface area contributed by atoms with Crippen LogP contribution in [-0.2, 0) is 4.79 Å². The van der Waals surface area contributed by atoms with E-state index in [1.54, 1.807) is 0 Å². The Bertz CT molecular complexity index is 273. The lowest BCUT2D eigenvalue weighted by atomic mass is 9.91. The Morgan fingerprint density at radius 2 is 1.94 bits per heavy atom. The first-order chi connectivity index (χ1) is 8.09. The molecule has 3 N–H and O–H groups in total. The highest BCUT2D eigenvalue weighted by molar-refractivity contribution is 5.80. The van der Waals surface area contributed by atoms with Gasteiger partial charge in [-0.05, 0) is 38.5 Å². The van der Waals surface area contributed by atoms with Crippen molar-refractivity contribution < 1.29 is 9.90 Å². The summed E-state index contributed by atoms with van der Waals surface area (Å²) in [4.78, 5) is 14.2. The average molecular weight is 240 g/mol. The fourth-order valence-electron chi connectivity index (χ4n) is 3.13. The zero-order valence-corrected chi connectivity index (χ0v) is 10.6. The van der Waals surface area contributed by atoms with Crippen LogP contribution in [0.1, 0.15) is 39.0 Å². The molecular weight excluding hydrogens is 216 g/mol. The van der Waals surface area contributed by atoms with Crippen LogP contribution in [-0.4, -0.2) is 41.1 Å². The summed E-state index contributed by atoms with van der Waals surface area (Å²) in [6.45, 7) is 3.42. The first-order valence-corrected chi connectivity index (χ1v) is 6.82. The molecule has 4 nitrogen and oxygen atoms in total. The van der Waals surface area contributed by atoms with Crippen LogP contribution in [0.5, 0.6) is 0 Å². The number of hydrogen-bond donors (Lipinski definition) is 2. The number of aliphatic hydroxyl groups is 1. The fourth-order valence-corrected chi connectivity index (χ4v) is 3.13. The van der Waals surface area contributed by atoms with E-state index < -0.39 is 0 Å². The van der Waals surface area contributed by atoms with Crippen LogP contribution in [0.25, 0.3) is 0 Å². The lowest BCUT2D eigenvalue weighted by Crippen LogP contribution is -2.46. The summed E-state index contributed by atoms with van der Waals surface area (Å²) >= 11 is 0. The molecule has 1 heterocycles. The molecule has 1 amide bonds. The minimum absolute atomic E-state index is 0.0538. The van der Waals surface area contributed by atoms with Crippen LogP contribution in [0.15, 0.2) is 0 Å². The monoisotopic (exact) mass is 240 g/mol. The van der Waals surface area contributed by atoms with Gasteiger partial charge in [-0.1, -0.05) is 6.42 Å². The van der Waals surface area contributed by atoms with Crippen molar-refractivity contribution in [3.63, 3.8) is 0 Å². The predicted molar refractivity (Wildman–Crippen MR) is 66.3 cm³/mol. The summed E-state index contributed by atoms with van der Waals surface area (Å²) < 4.78 is 0. The quantitative estimate of drug-likeness (QED) is 0.748. The number of nitrogens with zero attached hydrogens (tertiary/aromatic N) is 1. The van der Waals surface area contributed by atoms with E-state index in [4.69, 9.17) is 5.73 Å². The normalized spacial score (nSPS) is 32.8. The number of likely N-dealkylation sites (tertiary alicyclic amines) is 1. The van der Waals surface area contributed by atoms with Crippen molar-refractivity contribution in [2.24, 2.45) is 17.6 Å². The van der Waals surface area contributed by atoms with Crippen molar-refractivity contribution in [3.8, 4) is 0 Å². The summed E-state index contributed by atoms with van der Waals surface area (Å²) in [6.07, 6.45) is 4.62. The summed E-state index contributed by atoms with van der Waals surface area (Å²) in [7, 11) is 0. The molecule has 3 atom stereocenters. The number of rotatable bonds is 2. The van der Waals surface area contributed by atoms with Crippen molar-refractivity contribution in [2.75, 3.05) is 13.1 Å². The van der Waals surface area contributed by atoms with E-state index in [1.165, 1.54) is 0 Å². The van der Waals surface area contributed by atoms with Crippen LogP contribution in [0.4, 0.5) is 0 Å². The third kappa shape index (κ3) is 2.80. The molecule has 1 aliphatic carbocycles. The van der Waals surface area contributed by atoms with Gasteiger partial charge >= 0.3 is 0 Å². The third-order valence-electron chi connectivity index (χ3n) is 4.42. The van der Waals surface area contributed by atoms with Gasteiger partial charge in [-0.3, -0.25) is 4.79 Å². The van der Waals surface area contributed by atoms with E-state index in [1.807, 2.05) is 11.8 Å². The molecule has 2 fully saturated rings. The van der Waals surface area contributed by atoms with Gasteiger partial charge in [-0.25, -0.2) is 0 Å². The van der Waals surface area contributed by atoms with Gasteiger partial charge < -0.3 is 15.7 Å². The molecule has 2 rings (SSSR count). The summed E-state index contributed by atoms with van der Waals surface area (Å²) in [5.74, 6) is 0.661. The second-order valence-electron chi connectivity index (χ2n) is 5.60. The molecular formula is C13H24N2O2. The maximum atomic E-state index is 12.3. The molecule has 17 heavy (non-hydrogen) atoms. The second kappa shape index (κ2) is 5.36. The Hall–Kier alpha value is -0.610. The van der Waals surface area contributed by atoms with Crippen molar-refractivity contribution >= 4 is 5.91 Å². The minimum atomic E-state index is -0.249. The highest BCUT2D eigenvalue weighted by atomic mass is 16.3. The van der Waals surface area contributed by atoms with Gasteiger partial charge in [0.15, 0.2) is 0 Å². The number of nitrogens with two attached hydrogens (primary N) is 1. The average Bonchev–Trinajstić information content (AvgIpc) is 2.74. The van der Waals surface area contributed by atoms with Gasteiger partial charge in [0.2, 0.25) is 5.91 Å². The number of amides is 1. The zero-order chi connectivity index (χ0) is 12.4. The molecule has 1 saturated heterocycles. The predicted octanol–water partition coefficient (Wildman–Crippen LogP) is 0.733. The Morgan fingerprint density at radius 1 is 1.29 bits per heavy atom. The Kier molecular flexibility index (Phi) is 4.05. The van der Waals surface area contributed by atoms with E-state index in [9.17, 15) is 9.90 Å². The van der Waals surface area contributed by atoms with Gasteiger partial charge in [-0.15, -0.1) is 0 Å². The molecule has 1 aliphatic heterocycles. The smallest absolute Gasteiger partial charge is 0.227 e. The molecule has 4 heteroatoms. The highest BCUT2D eigenvalue weighted by Gasteiger charge is 2.35. The Morgan fingerprint density at radius 3 is 2.41 bits per heavy atom. The Balaban J connectivity index is 1.86. The van der Waals surface area contributed by atoms with Crippen LogP contribution in [0, 0.1) is 11.8 Å². The van der Waals surface area contributed by atoms with E-state index in [0.29, 0.717) is 5.92 Å². The lowest BCUT2D eigenvalue weighted by Gasteiger charge is -2.35. The SMILES string of the molecule is CC(O)C1CCN(C(=O)C2CCCC2N)CC1. The fraction of sp³-hybridized carbons (Fsp3) is 0.923. The number of aliphatic hydroxyl groups excluding tert-OH is 1. The third-order valence-corrected chi connectivity index (χ3v) is 4.42. The second-order valence-corrected chi connectivity index (χ2v) is 5.60. The van der Waals surface area contributed by atoms with Crippen LogP contribution in [0.2, 0.25) is 0 Å². The van der Waals surface area contributed by atoms with Gasteiger partial charge in [0.1, 0.15) is 0 Å². The molecule has 0 aromatic rings. The molecule has 0 bridgehead atoms. The molecule has 98 valence electrons. The van der Waals surface area contributed by atoms with E-state index in [2.05, 4.69) is 0 Å². The van der Waals surface area contributed by atoms with E-state index in [-0.39, 0.29) is 24.0 Å². The van der Waals surface area contributed by atoms with Crippen molar-refractivity contribution in [3.05, 3.63) is 0 Å². The molecule has 0 aromatic heterocycles. The van der Waals surface area contributed by atoms with Crippen LogP contribution < -0.4 is 5.73 Å². The van der Waals surface area contributed by atoms with Gasteiger partial charge in [0, 0.05) is 19.1 Å². The van der Waals surface area contributed by atoms with Crippen molar-refractivity contribution in [2.45, 2.75) is 51.2 Å². The van der Waals surface area contributed by atoms with Crippen LogP contribution >= 0.6 is 0 Å². The molecule has 0 radical (unpaired) electrons. The summed E-state index contributed by atoms with van der Waals surface area (Å²) in [5.41, 5.74) is 5.97.